The quantitative estimate of drug-likeness (QED) is 0.817. The van der Waals surface area contributed by atoms with Gasteiger partial charge in [0.2, 0.25) is 0 Å². The van der Waals surface area contributed by atoms with E-state index in [1.165, 1.54) is 12.1 Å². The minimum absolute atomic E-state index is 0.169. The van der Waals surface area contributed by atoms with E-state index >= 15 is 0 Å². The Bertz CT molecular complexity index is 714. The summed E-state index contributed by atoms with van der Waals surface area (Å²) in [6, 6.07) is 15.6. The Morgan fingerprint density at radius 3 is 2.29 bits per heavy atom. The zero-order valence-corrected chi connectivity index (χ0v) is 13.6. The second kappa shape index (κ2) is 8.84. The molecule has 0 saturated heterocycles. The minimum atomic E-state index is -0.678. The van der Waals surface area contributed by atoms with Gasteiger partial charge in [-0.25, -0.2) is 0 Å². The summed E-state index contributed by atoms with van der Waals surface area (Å²) in [5.74, 6) is -1.74. The highest BCUT2D eigenvalue weighted by atomic mass is 35.5. The van der Waals surface area contributed by atoms with Crippen LogP contribution < -0.4 is 5.32 Å². The van der Waals surface area contributed by atoms with Crippen LogP contribution in [0.25, 0.3) is 0 Å². The molecule has 0 aliphatic rings. The van der Waals surface area contributed by atoms with E-state index < -0.39 is 24.4 Å². The van der Waals surface area contributed by atoms with E-state index in [2.05, 4.69) is 5.32 Å². The lowest BCUT2D eigenvalue weighted by Gasteiger charge is -2.06. The summed E-state index contributed by atoms with van der Waals surface area (Å²) in [6.07, 6.45) is 0.702. The molecule has 0 bridgehead atoms. The van der Waals surface area contributed by atoms with Crippen molar-refractivity contribution < 1.29 is 19.1 Å². The first-order valence-corrected chi connectivity index (χ1v) is 7.71. The Balaban J connectivity index is 1.71. The van der Waals surface area contributed by atoms with Crippen molar-refractivity contribution in [3.8, 4) is 0 Å². The standard InChI is InChI=1S/C18H16ClNO4/c19-15-9-7-14(8-10-15)18(23)20-16(21)12-24-17(22)11-6-13-4-2-1-3-5-13/h1-5,7-10H,6,11-12H2,(H,20,21,23). The maximum absolute atomic E-state index is 11.8. The molecule has 0 heterocycles. The largest absolute Gasteiger partial charge is 0.456 e. The SMILES string of the molecule is O=C(COC(=O)CCc1ccccc1)NC(=O)c1ccc(Cl)cc1. The number of amides is 2. The number of aryl methyl sites for hydroxylation is 1. The molecule has 0 atom stereocenters. The van der Waals surface area contributed by atoms with Crippen LogP contribution in [0.4, 0.5) is 0 Å². The molecule has 0 aromatic heterocycles. The molecule has 0 spiro atoms. The maximum atomic E-state index is 11.8. The smallest absolute Gasteiger partial charge is 0.306 e. The summed E-state index contributed by atoms with van der Waals surface area (Å²) in [7, 11) is 0. The van der Waals surface area contributed by atoms with E-state index in [1.54, 1.807) is 12.1 Å². The van der Waals surface area contributed by atoms with Crippen molar-refractivity contribution in [2.45, 2.75) is 12.8 Å². The van der Waals surface area contributed by atoms with Gasteiger partial charge in [-0.1, -0.05) is 41.9 Å². The second-order valence-corrected chi connectivity index (χ2v) is 5.47. The van der Waals surface area contributed by atoms with Crippen molar-refractivity contribution in [2.24, 2.45) is 0 Å². The number of ether oxygens (including phenoxy) is 1. The van der Waals surface area contributed by atoms with E-state index in [0.717, 1.165) is 5.56 Å². The first-order valence-electron chi connectivity index (χ1n) is 7.34. The van der Waals surface area contributed by atoms with Crippen LogP contribution in [0.1, 0.15) is 22.3 Å². The zero-order valence-electron chi connectivity index (χ0n) is 12.8. The molecule has 124 valence electrons. The molecule has 0 aliphatic carbocycles. The molecular formula is C18H16ClNO4. The Morgan fingerprint density at radius 1 is 0.958 bits per heavy atom. The monoisotopic (exact) mass is 345 g/mol. The minimum Gasteiger partial charge on any atom is -0.456 e. The Hall–Kier alpha value is -2.66. The first-order chi connectivity index (χ1) is 11.5. The van der Waals surface area contributed by atoms with Crippen LogP contribution in [0.15, 0.2) is 54.6 Å². The van der Waals surface area contributed by atoms with Gasteiger partial charge < -0.3 is 4.74 Å². The lowest BCUT2D eigenvalue weighted by molar-refractivity contribution is -0.148. The zero-order chi connectivity index (χ0) is 17.4. The predicted octanol–water partition coefficient (Wildman–Crippen LogP) is 2.77. The Labute approximate surface area is 144 Å². The highest BCUT2D eigenvalue weighted by Crippen LogP contribution is 2.09. The molecule has 0 fully saturated rings. The number of carbonyl (C=O) groups is 3. The average Bonchev–Trinajstić information content (AvgIpc) is 2.59. The third-order valence-corrected chi connectivity index (χ3v) is 3.44. The molecular weight excluding hydrogens is 330 g/mol. The van der Waals surface area contributed by atoms with E-state index in [1.807, 2.05) is 30.3 Å². The van der Waals surface area contributed by atoms with E-state index in [4.69, 9.17) is 16.3 Å². The van der Waals surface area contributed by atoms with Crippen molar-refractivity contribution in [3.05, 3.63) is 70.7 Å². The summed E-state index contributed by atoms with van der Waals surface area (Å²) >= 11 is 5.72. The van der Waals surface area contributed by atoms with E-state index in [9.17, 15) is 14.4 Å². The van der Waals surface area contributed by atoms with Gasteiger partial charge in [-0.05, 0) is 36.2 Å². The third kappa shape index (κ3) is 5.85. The fraction of sp³-hybridized carbons (Fsp3) is 0.167. The highest BCUT2D eigenvalue weighted by molar-refractivity contribution is 6.30. The van der Waals surface area contributed by atoms with Crippen LogP contribution in [0.5, 0.6) is 0 Å². The molecule has 0 aliphatic heterocycles. The summed E-state index contributed by atoms with van der Waals surface area (Å²) < 4.78 is 4.86. The van der Waals surface area contributed by atoms with Gasteiger partial charge in [0.1, 0.15) is 0 Å². The Kier molecular flexibility index (Phi) is 6.51. The average molecular weight is 346 g/mol. The molecule has 2 aromatic carbocycles. The first kappa shape index (κ1) is 17.7. The molecule has 2 rings (SSSR count). The van der Waals surface area contributed by atoms with Gasteiger partial charge >= 0.3 is 5.97 Å². The molecule has 5 nitrogen and oxygen atoms in total. The van der Waals surface area contributed by atoms with E-state index in [-0.39, 0.29) is 6.42 Å². The molecule has 0 saturated carbocycles. The van der Waals surface area contributed by atoms with Gasteiger partial charge in [0.05, 0.1) is 0 Å². The van der Waals surface area contributed by atoms with Gasteiger partial charge in [0.25, 0.3) is 11.8 Å². The van der Waals surface area contributed by atoms with Crippen LogP contribution in [0, 0.1) is 0 Å². The molecule has 1 N–H and O–H groups in total. The number of rotatable bonds is 6. The van der Waals surface area contributed by atoms with Crippen LogP contribution in [0.2, 0.25) is 5.02 Å². The van der Waals surface area contributed by atoms with Crippen LogP contribution in [0.3, 0.4) is 0 Å². The number of esters is 1. The molecule has 0 unspecified atom stereocenters. The number of imide groups is 1. The number of benzene rings is 2. The van der Waals surface area contributed by atoms with Crippen LogP contribution in [-0.2, 0) is 20.7 Å². The fourth-order valence-electron chi connectivity index (χ4n) is 1.95. The normalized spacial score (nSPS) is 10.0. The van der Waals surface area contributed by atoms with Crippen molar-refractivity contribution in [1.82, 2.24) is 5.32 Å². The lowest BCUT2D eigenvalue weighted by atomic mass is 10.1. The van der Waals surface area contributed by atoms with Crippen molar-refractivity contribution >= 4 is 29.4 Å². The van der Waals surface area contributed by atoms with Gasteiger partial charge in [-0.3, -0.25) is 19.7 Å². The predicted molar refractivity (Wildman–Crippen MR) is 89.6 cm³/mol. The summed E-state index contributed by atoms with van der Waals surface area (Å²) in [4.78, 5) is 35.1. The van der Waals surface area contributed by atoms with Crippen molar-refractivity contribution in [3.63, 3.8) is 0 Å². The number of halogens is 1. The van der Waals surface area contributed by atoms with Gasteiger partial charge in [0.15, 0.2) is 6.61 Å². The summed E-state index contributed by atoms with van der Waals surface area (Å²) in [5, 5.41) is 2.64. The number of hydrogen-bond acceptors (Lipinski definition) is 4. The van der Waals surface area contributed by atoms with Crippen LogP contribution >= 0.6 is 11.6 Å². The lowest BCUT2D eigenvalue weighted by Crippen LogP contribution is -2.34. The summed E-state index contributed by atoms with van der Waals surface area (Å²) in [5.41, 5.74) is 1.31. The molecule has 6 heteroatoms. The summed E-state index contributed by atoms with van der Waals surface area (Å²) in [6.45, 7) is -0.493. The molecule has 2 amide bonds. The Morgan fingerprint density at radius 2 is 1.62 bits per heavy atom. The van der Waals surface area contributed by atoms with Crippen molar-refractivity contribution in [1.29, 1.82) is 0 Å². The van der Waals surface area contributed by atoms with Gasteiger partial charge in [-0.2, -0.15) is 0 Å². The second-order valence-electron chi connectivity index (χ2n) is 5.03. The number of nitrogens with one attached hydrogen (secondary N) is 1. The third-order valence-electron chi connectivity index (χ3n) is 3.18. The van der Waals surface area contributed by atoms with E-state index in [0.29, 0.717) is 17.0 Å². The van der Waals surface area contributed by atoms with Gasteiger partial charge in [-0.15, -0.1) is 0 Å². The fourth-order valence-corrected chi connectivity index (χ4v) is 2.07. The topological polar surface area (TPSA) is 72.5 Å². The van der Waals surface area contributed by atoms with Crippen LogP contribution in [-0.4, -0.2) is 24.4 Å². The maximum Gasteiger partial charge on any atom is 0.306 e. The molecule has 2 aromatic rings. The molecule has 0 radical (unpaired) electrons. The number of hydrogen-bond donors (Lipinski definition) is 1. The van der Waals surface area contributed by atoms with Gasteiger partial charge in [0, 0.05) is 17.0 Å². The number of carbonyl (C=O) groups excluding carboxylic acids is 3. The highest BCUT2D eigenvalue weighted by Gasteiger charge is 2.12. The van der Waals surface area contributed by atoms with Crippen molar-refractivity contribution in [2.75, 3.05) is 6.61 Å². The molecule has 24 heavy (non-hydrogen) atoms.